The molecule has 0 bridgehead atoms. The van der Waals surface area contributed by atoms with E-state index in [0.717, 1.165) is 0 Å². The highest BCUT2D eigenvalue weighted by molar-refractivity contribution is 5.76. The number of nitrogens with zero attached hydrogens (tertiary/aromatic N) is 1. The number of rotatable bonds is 1. The van der Waals surface area contributed by atoms with Crippen molar-refractivity contribution in [3.05, 3.63) is 64.2 Å². The molecule has 5 heteroatoms. The van der Waals surface area contributed by atoms with Crippen molar-refractivity contribution in [2.24, 2.45) is 0 Å². The lowest BCUT2D eigenvalue weighted by atomic mass is 10.1. The van der Waals surface area contributed by atoms with E-state index < -0.39 is 0 Å². The van der Waals surface area contributed by atoms with Crippen LogP contribution in [0.1, 0.15) is 0 Å². The molecule has 0 atom stereocenters. The molecule has 0 aliphatic heterocycles. The van der Waals surface area contributed by atoms with Gasteiger partial charge in [-0.2, -0.15) is 4.73 Å². The van der Waals surface area contributed by atoms with E-state index in [9.17, 15) is 15.1 Å². The SMILES string of the molecule is O=c1cc(-c2ccc(O)cc2)oc2cc[n+]([O-])cc12. The Hall–Kier alpha value is -2.82. The van der Waals surface area contributed by atoms with Gasteiger partial charge in [-0.1, -0.05) is 0 Å². The molecule has 0 radical (unpaired) electrons. The molecule has 0 aliphatic carbocycles. The molecule has 3 rings (SSSR count). The van der Waals surface area contributed by atoms with Gasteiger partial charge in [-0.05, 0) is 24.3 Å². The predicted molar refractivity (Wildman–Crippen MR) is 68.5 cm³/mol. The molecule has 0 saturated heterocycles. The second-order valence-electron chi connectivity index (χ2n) is 4.10. The van der Waals surface area contributed by atoms with E-state index in [4.69, 9.17) is 4.42 Å². The maximum absolute atomic E-state index is 11.9. The van der Waals surface area contributed by atoms with Crippen LogP contribution in [0.3, 0.4) is 0 Å². The summed E-state index contributed by atoms with van der Waals surface area (Å²) in [5.41, 5.74) is 0.743. The Balaban J connectivity index is 2.24. The van der Waals surface area contributed by atoms with Crippen molar-refractivity contribution in [2.75, 3.05) is 0 Å². The molecule has 94 valence electrons. The molecule has 2 aromatic heterocycles. The summed E-state index contributed by atoms with van der Waals surface area (Å²) in [6.45, 7) is 0. The molecular weight excluding hydrogens is 246 g/mol. The van der Waals surface area contributed by atoms with Crippen molar-refractivity contribution in [1.82, 2.24) is 0 Å². The molecule has 3 aromatic rings. The molecule has 1 aromatic carbocycles. The Morgan fingerprint density at radius 3 is 2.63 bits per heavy atom. The van der Waals surface area contributed by atoms with Crippen LogP contribution in [-0.2, 0) is 0 Å². The average Bonchev–Trinajstić information content (AvgIpc) is 2.40. The Bertz CT molecular complexity index is 806. The van der Waals surface area contributed by atoms with Crippen molar-refractivity contribution in [3.63, 3.8) is 0 Å². The summed E-state index contributed by atoms with van der Waals surface area (Å²) in [6, 6.07) is 9.10. The lowest BCUT2D eigenvalue weighted by Gasteiger charge is -2.03. The van der Waals surface area contributed by atoms with Gasteiger partial charge in [0.25, 0.3) is 0 Å². The Kier molecular flexibility index (Phi) is 2.45. The first-order chi connectivity index (χ1) is 9.13. The van der Waals surface area contributed by atoms with Crippen molar-refractivity contribution in [1.29, 1.82) is 0 Å². The van der Waals surface area contributed by atoms with Crippen LogP contribution in [0.4, 0.5) is 0 Å². The number of hydrogen-bond acceptors (Lipinski definition) is 4. The van der Waals surface area contributed by atoms with Crippen LogP contribution in [0.15, 0.2) is 58.0 Å². The molecule has 5 nitrogen and oxygen atoms in total. The zero-order valence-electron chi connectivity index (χ0n) is 9.74. The third-order valence-electron chi connectivity index (χ3n) is 2.79. The molecule has 0 saturated carbocycles. The largest absolute Gasteiger partial charge is 0.619 e. The second-order valence-corrected chi connectivity index (χ2v) is 4.10. The van der Waals surface area contributed by atoms with Crippen LogP contribution < -0.4 is 10.2 Å². The van der Waals surface area contributed by atoms with E-state index in [1.54, 1.807) is 12.1 Å². The minimum atomic E-state index is -0.283. The molecule has 19 heavy (non-hydrogen) atoms. The van der Waals surface area contributed by atoms with Crippen LogP contribution in [0.5, 0.6) is 5.75 Å². The summed E-state index contributed by atoms with van der Waals surface area (Å²) in [7, 11) is 0. The van der Waals surface area contributed by atoms with E-state index in [1.807, 2.05) is 0 Å². The zero-order valence-corrected chi connectivity index (χ0v) is 9.74. The van der Waals surface area contributed by atoms with Crippen molar-refractivity contribution in [3.8, 4) is 17.1 Å². The third-order valence-corrected chi connectivity index (χ3v) is 2.79. The molecule has 0 fully saturated rings. The first-order valence-corrected chi connectivity index (χ1v) is 5.59. The van der Waals surface area contributed by atoms with Gasteiger partial charge >= 0.3 is 0 Å². The molecule has 0 spiro atoms. The number of aromatic nitrogens is 1. The first-order valence-electron chi connectivity index (χ1n) is 5.59. The first kappa shape index (κ1) is 11.3. The number of pyridine rings is 1. The summed E-state index contributed by atoms with van der Waals surface area (Å²) in [6.07, 6.45) is 2.45. The fourth-order valence-electron chi connectivity index (χ4n) is 1.85. The van der Waals surface area contributed by atoms with E-state index >= 15 is 0 Å². The highest BCUT2D eigenvalue weighted by atomic mass is 16.5. The highest BCUT2D eigenvalue weighted by Crippen LogP contribution is 2.23. The van der Waals surface area contributed by atoms with E-state index in [1.165, 1.54) is 36.7 Å². The second kappa shape index (κ2) is 4.13. The predicted octanol–water partition coefficient (Wildman–Crippen LogP) is 1.80. The van der Waals surface area contributed by atoms with Crippen LogP contribution in [0.2, 0.25) is 0 Å². The van der Waals surface area contributed by atoms with Gasteiger partial charge in [0.05, 0.1) is 0 Å². The van der Waals surface area contributed by atoms with Gasteiger partial charge in [-0.25, -0.2) is 0 Å². The number of benzene rings is 1. The van der Waals surface area contributed by atoms with Gasteiger partial charge in [0.2, 0.25) is 0 Å². The molecule has 1 N–H and O–H groups in total. The smallest absolute Gasteiger partial charge is 0.199 e. The minimum absolute atomic E-state index is 0.138. The molecule has 0 amide bonds. The molecule has 0 aliphatic rings. The standard InChI is InChI=1S/C14H9NO4/c16-10-3-1-9(2-4-10)14-7-12(17)11-8-15(18)6-5-13(11)19-14/h1-8,16H. The summed E-state index contributed by atoms with van der Waals surface area (Å²) >= 11 is 0. The summed E-state index contributed by atoms with van der Waals surface area (Å²) in [5, 5.41) is 20.6. The van der Waals surface area contributed by atoms with Gasteiger partial charge < -0.3 is 14.7 Å². The Morgan fingerprint density at radius 1 is 1.16 bits per heavy atom. The highest BCUT2D eigenvalue weighted by Gasteiger charge is 2.09. The molecule has 0 unspecified atom stereocenters. The number of aromatic hydroxyl groups is 1. The zero-order chi connectivity index (χ0) is 13.4. The van der Waals surface area contributed by atoms with E-state index in [2.05, 4.69) is 0 Å². The monoisotopic (exact) mass is 255 g/mol. The van der Waals surface area contributed by atoms with Crippen LogP contribution >= 0.6 is 0 Å². The third kappa shape index (κ3) is 2.01. The van der Waals surface area contributed by atoms with Crippen molar-refractivity contribution in [2.45, 2.75) is 0 Å². The molecular formula is C14H9NO4. The van der Waals surface area contributed by atoms with Gasteiger partial charge in [-0.15, -0.1) is 0 Å². The van der Waals surface area contributed by atoms with E-state index in [0.29, 0.717) is 21.6 Å². The minimum Gasteiger partial charge on any atom is -0.619 e. The number of hydrogen-bond donors (Lipinski definition) is 1. The number of phenolic OH excluding ortho intramolecular Hbond substituents is 1. The van der Waals surface area contributed by atoms with Gasteiger partial charge in [0, 0.05) is 17.7 Å². The van der Waals surface area contributed by atoms with E-state index in [-0.39, 0.29) is 16.6 Å². The van der Waals surface area contributed by atoms with Crippen LogP contribution in [0.25, 0.3) is 22.3 Å². The average molecular weight is 255 g/mol. The van der Waals surface area contributed by atoms with Gasteiger partial charge in [-0.3, -0.25) is 4.79 Å². The summed E-state index contributed by atoms with van der Waals surface area (Å²) in [4.78, 5) is 11.9. The maximum Gasteiger partial charge on any atom is 0.199 e. The lowest BCUT2D eigenvalue weighted by Crippen LogP contribution is -2.25. The topological polar surface area (TPSA) is 77.4 Å². The Morgan fingerprint density at radius 2 is 1.89 bits per heavy atom. The number of fused-ring (bicyclic) bond motifs is 1. The number of phenols is 1. The van der Waals surface area contributed by atoms with Crippen molar-refractivity contribution >= 4 is 11.0 Å². The fourth-order valence-corrected chi connectivity index (χ4v) is 1.85. The van der Waals surface area contributed by atoms with Crippen LogP contribution in [0, 0.1) is 5.21 Å². The Labute approximate surface area is 107 Å². The van der Waals surface area contributed by atoms with Gasteiger partial charge in [0.15, 0.2) is 23.4 Å². The normalized spacial score (nSPS) is 10.7. The molecule has 2 heterocycles. The van der Waals surface area contributed by atoms with Gasteiger partial charge in [0.1, 0.15) is 16.9 Å². The van der Waals surface area contributed by atoms with Crippen LogP contribution in [-0.4, -0.2) is 5.11 Å². The quantitative estimate of drug-likeness (QED) is 0.531. The maximum atomic E-state index is 11.9. The summed E-state index contributed by atoms with van der Waals surface area (Å²) in [5.74, 6) is 0.528. The lowest BCUT2D eigenvalue weighted by molar-refractivity contribution is -0.603. The fraction of sp³-hybridized carbons (Fsp3) is 0. The van der Waals surface area contributed by atoms with Crippen molar-refractivity contribution < 1.29 is 14.3 Å². The summed E-state index contributed by atoms with van der Waals surface area (Å²) < 4.78 is 6.14.